The van der Waals surface area contributed by atoms with E-state index in [9.17, 15) is 9.59 Å². The van der Waals surface area contributed by atoms with E-state index in [0.717, 1.165) is 15.6 Å². The topological polar surface area (TPSA) is 78.6 Å². The molecule has 0 aliphatic heterocycles. The first-order valence-electron chi connectivity index (χ1n) is 4.34. The van der Waals surface area contributed by atoms with Gasteiger partial charge < -0.3 is 4.98 Å². The number of rotatable bonds is 1. The molecule has 0 bridgehead atoms. The molecule has 0 saturated carbocycles. The molecule has 0 atom stereocenters. The van der Waals surface area contributed by atoms with E-state index in [4.69, 9.17) is 0 Å². The fraction of sp³-hybridized carbons (Fsp3) is 0.222. The fourth-order valence-electron chi connectivity index (χ4n) is 1.37. The van der Waals surface area contributed by atoms with Crippen molar-refractivity contribution in [2.75, 3.05) is 0 Å². The van der Waals surface area contributed by atoms with E-state index in [1.165, 1.54) is 17.4 Å². The third-order valence-corrected chi connectivity index (χ3v) is 3.01. The first-order valence-corrected chi connectivity index (χ1v) is 5.16. The lowest BCUT2D eigenvalue weighted by Gasteiger charge is -1.96. The van der Waals surface area contributed by atoms with Crippen molar-refractivity contribution in [2.24, 2.45) is 0 Å². The number of nitrogens with zero attached hydrogens (tertiary/aromatic N) is 1. The van der Waals surface area contributed by atoms with Crippen LogP contribution in [0.1, 0.15) is 10.7 Å². The molecule has 0 fully saturated rings. The van der Waals surface area contributed by atoms with Gasteiger partial charge in [-0.05, 0) is 13.8 Å². The van der Waals surface area contributed by atoms with Crippen LogP contribution >= 0.6 is 11.3 Å². The van der Waals surface area contributed by atoms with Crippen LogP contribution in [0.15, 0.2) is 15.7 Å². The average Bonchev–Trinajstić information content (AvgIpc) is 2.43. The SMILES string of the molecule is Cc1nc(C)c(-c2cc(=O)[nH]c(=O)[nH]2)s1. The molecule has 2 N–H and O–H groups in total. The maximum atomic E-state index is 11.1. The van der Waals surface area contributed by atoms with Gasteiger partial charge in [-0.15, -0.1) is 11.3 Å². The molecule has 0 amide bonds. The summed E-state index contributed by atoms with van der Waals surface area (Å²) in [6.07, 6.45) is 0. The Bertz CT molecular complexity index is 580. The van der Waals surface area contributed by atoms with Crippen LogP contribution in [-0.4, -0.2) is 15.0 Å². The third-order valence-electron chi connectivity index (χ3n) is 1.91. The summed E-state index contributed by atoms with van der Waals surface area (Å²) >= 11 is 1.45. The van der Waals surface area contributed by atoms with Crippen LogP contribution in [0.3, 0.4) is 0 Å². The fourth-order valence-corrected chi connectivity index (χ4v) is 2.26. The van der Waals surface area contributed by atoms with Gasteiger partial charge in [0.1, 0.15) is 0 Å². The molecule has 0 aliphatic rings. The van der Waals surface area contributed by atoms with Crippen molar-refractivity contribution in [3.63, 3.8) is 0 Å². The lowest BCUT2D eigenvalue weighted by Crippen LogP contribution is -2.21. The summed E-state index contributed by atoms with van der Waals surface area (Å²) in [5, 5.41) is 0.906. The predicted octanol–water partition coefficient (Wildman–Crippen LogP) is 0.804. The minimum Gasteiger partial charge on any atom is -0.306 e. The highest BCUT2D eigenvalue weighted by molar-refractivity contribution is 7.15. The van der Waals surface area contributed by atoms with E-state index in [2.05, 4.69) is 15.0 Å². The van der Waals surface area contributed by atoms with E-state index >= 15 is 0 Å². The normalized spacial score (nSPS) is 10.5. The minimum atomic E-state index is -0.497. The second kappa shape index (κ2) is 3.47. The smallest absolute Gasteiger partial charge is 0.306 e. The van der Waals surface area contributed by atoms with Gasteiger partial charge in [-0.3, -0.25) is 9.78 Å². The van der Waals surface area contributed by atoms with Crippen molar-refractivity contribution in [1.29, 1.82) is 0 Å². The molecule has 2 rings (SSSR count). The molecule has 0 aliphatic carbocycles. The Morgan fingerprint density at radius 1 is 1.27 bits per heavy atom. The zero-order valence-electron chi connectivity index (χ0n) is 8.25. The van der Waals surface area contributed by atoms with Gasteiger partial charge in [0.15, 0.2) is 0 Å². The van der Waals surface area contributed by atoms with Crippen LogP contribution in [-0.2, 0) is 0 Å². The Kier molecular flexibility index (Phi) is 2.28. The summed E-state index contributed by atoms with van der Waals surface area (Å²) in [5.41, 5.74) is 0.438. The van der Waals surface area contributed by atoms with Gasteiger partial charge in [-0.1, -0.05) is 0 Å². The first-order chi connectivity index (χ1) is 7.06. The number of hydrogen-bond acceptors (Lipinski definition) is 4. The van der Waals surface area contributed by atoms with Crippen LogP contribution in [0, 0.1) is 13.8 Å². The third kappa shape index (κ3) is 1.89. The quantitative estimate of drug-likeness (QED) is 0.750. The summed E-state index contributed by atoms with van der Waals surface area (Å²) in [6, 6.07) is 1.36. The summed E-state index contributed by atoms with van der Waals surface area (Å²) in [6.45, 7) is 3.73. The Labute approximate surface area is 88.8 Å². The predicted molar refractivity (Wildman–Crippen MR) is 58.3 cm³/mol. The van der Waals surface area contributed by atoms with Crippen LogP contribution in [0.25, 0.3) is 10.6 Å². The molecule has 0 spiro atoms. The highest BCUT2D eigenvalue weighted by Gasteiger charge is 2.08. The maximum absolute atomic E-state index is 11.1. The molecule has 0 unspecified atom stereocenters. The monoisotopic (exact) mass is 223 g/mol. The number of aryl methyl sites for hydroxylation is 2. The second-order valence-electron chi connectivity index (χ2n) is 3.15. The molecule has 78 valence electrons. The Hall–Kier alpha value is -1.69. The van der Waals surface area contributed by atoms with Crippen molar-refractivity contribution in [3.05, 3.63) is 37.6 Å². The zero-order valence-corrected chi connectivity index (χ0v) is 9.07. The number of nitrogens with one attached hydrogen (secondary N) is 2. The van der Waals surface area contributed by atoms with Crippen LogP contribution in [0.2, 0.25) is 0 Å². The van der Waals surface area contributed by atoms with Crippen molar-refractivity contribution >= 4 is 11.3 Å². The summed E-state index contributed by atoms with van der Waals surface area (Å²) in [7, 11) is 0. The molecule has 0 aromatic carbocycles. The van der Waals surface area contributed by atoms with Crippen molar-refractivity contribution in [3.8, 4) is 10.6 Å². The van der Waals surface area contributed by atoms with E-state index in [1.807, 2.05) is 13.8 Å². The van der Waals surface area contributed by atoms with Crippen LogP contribution < -0.4 is 11.2 Å². The molecule has 0 saturated heterocycles. The molecular formula is C9H9N3O2S. The lowest BCUT2D eigenvalue weighted by molar-refractivity contribution is 1.04. The Morgan fingerprint density at radius 2 is 2.00 bits per heavy atom. The molecule has 5 nitrogen and oxygen atoms in total. The second-order valence-corrected chi connectivity index (χ2v) is 4.35. The molecule has 2 aromatic rings. The Balaban J connectivity index is 2.68. The number of aromatic amines is 2. The van der Waals surface area contributed by atoms with Gasteiger partial charge in [-0.2, -0.15) is 0 Å². The molecule has 15 heavy (non-hydrogen) atoms. The van der Waals surface area contributed by atoms with Gasteiger partial charge in [0.25, 0.3) is 5.56 Å². The summed E-state index contributed by atoms with van der Waals surface area (Å²) in [4.78, 5) is 31.9. The van der Waals surface area contributed by atoms with Crippen molar-refractivity contribution < 1.29 is 0 Å². The molecular weight excluding hydrogens is 214 g/mol. The van der Waals surface area contributed by atoms with Gasteiger partial charge >= 0.3 is 5.69 Å². The van der Waals surface area contributed by atoms with E-state index in [1.54, 1.807) is 0 Å². The minimum absolute atomic E-state index is 0.404. The molecule has 0 radical (unpaired) electrons. The molecule has 2 aromatic heterocycles. The first kappa shape index (κ1) is 9.85. The number of hydrogen-bond donors (Lipinski definition) is 2. The molecule has 6 heteroatoms. The average molecular weight is 223 g/mol. The van der Waals surface area contributed by atoms with Gasteiger partial charge in [0, 0.05) is 6.07 Å². The number of thiazole rings is 1. The van der Waals surface area contributed by atoms with Gasteiger partial charge in [0.2, 0.25) is 0 Å². The number of H-pyrrole nitrogens is 2. The van der Waals surface area contributed by atoms with E-state index in [-0.39, 0.29) is 0 Å². The Morgan fingerprint density at radius 3 is 2.53 bits per heavy atom. The maximum Gasteiger partial charge on any atom is 0.326 e. The molecule has 2 heterocycles. The van der Waals surface area contributed by atoms with Crippen LogP contribution in [0.5, 0.6) is 0 Å². The van der Waals surface area contributed by atoms with E-state index in [0.29, 0.717) is 5.69 Å². The lowest BCUT2D eigenvalue weighted by atomic mass is 10.3. The largest absolute Gasteiger partial charge is 0.326 e. The highest BCUT2D eigenvalue weighted by Crippen LogP contribution is 2.26. The number of aromatic nitrogens is 3. The van der Waals surface area contributed by atoms with Gasteiger partial charge in [0.05, 0.1) is 21.3 Å². The van der Waals surface area contributed by atoms with Crippen molar-refractivity contribution in [2.45, 2.75) is 13.8 Å². The van der Waals surface area contributed by atoms with E-state index < -0.39 is 11.2 Å². The highest BCUT2D eigenvalue weighted by atomic mass is 32.1. The van der Waals surface area contributed by atoms with Crippen molar-refractivity contribution in [1.82, 2.24) is 15.0 Å². The summed E-state index contributed by atoms with van der Waals surface area (Å²) < 4.78 is 0. The van der Waals surface area contributed by atoms with Gasteiger partial charge in [-0.25, -0.2) is 9.78 Å². The zero-order chi connectivity index (χ0) is 11.0. The van der Waals surface area contributed by atoms with Crippen LogP contribution in [0.4, 0.5) is 0 Å². The summed E-state index contributed by atoms with van der Waals surface area (Å²) in [5.74, 6) is 0. The standard InChI is InChI=1S/C9H9N3O2S/c1-4-8(15-5(2)10-4)6-3-7(13)12-9(14)11-6/h3H,1-2H3,(H2,11,12,13,14).